The van der Waals surface area contributed by atoms with Crippen molar-refractivity contribution in [2.45, 2.75) is 78.6 Å². The molecule has 1 unspecified atom stereocenters. The van der Waals surface area contributed by atoms with Gasteiger partial charge in [-0.05, 0) is 47.7 Å². The number of hydrogen-bond donors (Lipinski definition) is 0. The van der Waals surface area contributed by atoms with Gasteiger partial charge >= 0.3 is 0 Å². The summed E-state index contributed by atoms with van der Waals surface area (Å²) in [5.41, 5.74) is 2.84. The molecule has 2 aliphatic rings. The Balaban J connectivity index is 2.05. The predicted octanol–water partition coefficient (Wildman–Crippen LogP) is 5.71. The summed E-state index contributed by atoms with van der Waals surface area (Å²) in [6, 6.07) is 0. The fourth-order valence-electron chi connectivity index (χ4n) is 3.99. The second-order valence-electron chi connectivity index (χ2n) is 6.98. The quantitative estimate of drug-likeness (QED) is 0.462. The van der Waals surface area contributed by atoms with Gasteiger partial charge in [0, 0.05) is 0 Å². The van der Waals surface area contributed by atoms with Crippen molar-refractivity contribution in [2.24, 2.45) is 0 Å². The van der Waals surface area contributed by atoms with Crippen molar-refractivity contribution in [1.82, 2.24) is 0 Å². The lowest BCUT2D eigenvalue weighted by Gasteiger charge is -2.39. The van der Waals surface area contributed by atoms with E-state index < -0.39 is 7.74 Å². The highest BCUT2D eigenvalue weighted by molar-refractivity contribution is 7.83. The Morgan fingerprint density at radius 3 is 1.74 bits per heavy atom. The highest BCUT2D eigenvalue weighted by Gasteiger charge is 2.51. The Kier molecular flexibility index (Phi) is 5.21. The zero-order valence-corrected chi connectivity index (χ0v) is 15.6. The second-order valence-corrected chi connectivity index (χ2v) is 16.5. The van der Waals surface area contributed by atoms with Crippen molar-refractivity contribution in [3.63, 3.8) is 0 Å². The summed E-state index contributed by atoms with van der Waals surface area (Å²) in [6.45, 7) is 14.6. The second kappa shape index (κ2) is 6.18. The van der Waals surface area contributed by atoms with Gasteiger partial charge in [0.25, 0.3) is 0 Å². The minimum atomic E-state index is -1.24. The Hall–Kier alpha value is 0.647. The Morgan fingerprint density at radius 1 is 0.789 bits per heavy atom. The summed E-state index contributed by atoms with van der Waals surface area (Å²) in [7, 11) is -0.0118. The van der Waals surface area contributed by atoms with E-state index in [0.29, 0.717) is 0 Å². The van der Waals surface area contributed by atoms with E-state index in [9.17, 15) is 0 Å². The maximum absolute atomic E-state index is 2.62. The van der Waals surface area contributed by atoms with Crippen molar-refractivity contribution < 1.29 is 0 Å². The Bertz CT molecular complexity index is 282. The zero-order chi connectivity index (χ0) is 14.2. The molecule has 1 atom stereocenters. The van der Waals surface area contributed by atoms with Crippen LogP contribution in [0.5, 0.6) is 0 Å². The molecule has 2 saturated carbocycles. The van der Waals surface area contributed by atoms with Crippen LogP contribution in [0.2, 0.25) is 13.1 Å². The van der Waals surface area contributed by atoms with Crippen molar-refractivity contribution in [2.75, 3.05) is 0 Å². The fraction of sp³-hybridized carbons (Fsp3) is 0.706. The standard InChI is InChI=1S/C17H30PSi/c1-12-13(2)15(4)17(14(12)3)19(5,6)18-16-10-8-7-9-11-16/h16,18H,7-11H2,1-6H3. The van der Waals surface area contributed by atoms with Gasteiger partial charge in [-0.1, -0.05) is 60.1 Å². The summed E-state index contributed by atoms with van der Waals surface area (Å²) < 4.78 is 0. The Morgan fingerprint density at radius 2 is 1.26 bits per heavy atom. The molecule has 0 saturated heterocycles. The minimum absolute atomic E-state index is 1.05. The molecular weight excluding hydrogens is 263 g/mol. The molecule has 0 spiro atoms. The summed E-state index contributed by atoms with van der Waals surface area (Å²) in [5, 5.41) is 0. The molecule has 19 heavy (non-hydrogen) atoms. The first-order chi connectivity index (χ1) is 8.84. The third-order valence-electron chi connectivity index (χ3n) is 5.23. The first-order valence-electron chi connectivity index (χ1n) is 7.86. The van der Waals surface area contributed by atoms with Crippen LogP contribution in [0.4, 0.5) is 0 Å². The summed E-state index contributed by atoms with van der Waals surface area (Å²) >= 11 is 0. The molecule has 0 heterocycles. The first-order valence-corrected chi connectivity index (χ1v) is 12.9. The largest absolute Gasteiger partial charge is 0.130 e. The van der Waals surface area contributed by atoms with Crippen molar-refractivity contribution >= 4 is 15.9 Å². The van der Waals surface area contributed by atoms with Crippen molar-refractivity contribution in [3.8, 4) is 0 Å². The molecule has 0 aromatic heterocycles. The maximum Gasteiger partial charge on any atom is 0.0795 e. The van der Waals surface area contributed by atoms with Crippen LogP contribution < -0.4 is 0 Å². The SMILES string of the molecule is C[C]1[C](C)[C](C)[C]([Si](C)(C)PC2CCCCC2)[C]1C. The molecule has 0 amide bonds. The highest BCUT2D eigenvalue weighted by atomic mass is 31.3. The molecule has 2 fully saturated rings. The summed E-state index contributed by atoms with van der Waals surface area (Å²) in [5.74, 6) is 6.35. The molecule has 0 nitrogen and oxygen atoms in total. The molecule has 0 aliphatic heterocycles. The Labute approximate surface area is 124 Å². The van der Waals surface area contributed by atoms with E-state index in [4.69, 9.17) is 0 Å². The van der Waals surface area contributed by atoms with Crippen molar-refractivity contribution in [3.05, 3.63) is 29.2 Å². The molecule has 0 aromatic rings. The van der Waals surface area contributed by atoms with Gasteiger partial charge < -0.3 is 0 Å². The van der Waals surface area contributed by atoms with E-state index in [1.165, 1.54) is 40.2 Å². The minimum Gasteiger partial charge on any atom is -0.130 e. The van der Waals surface area contributed by atoms with E-state index in [2.05, 4.69) is 40.8 Å². The van der Waals surface area contributed by atoms with E-state index in [0.717, 1.165) is 5.66 Å². The lowest BCUT2D eigenvalue weighted by atomic mass is 9.92. The molecule has 2 heteroatoms. The summed E-state index contributed by atoms with van der Waals surface area (Å²) in [6.07, 6.45) is 7.46. The normalized spacial score (nSPS) is 28.1. The third-order valence-corrected chi connectivity index (χ3v) is 13.1. The molecule has 0 N–H and O–H groups in total. The topological polar surface area (TPSA) is 0 Å². The average Bonchev–Trinajstić information content (AvgIpc) is 2.55. The van der Waals surface area contributed by atoms with Gasteiger partial charge in [0.15, 0.2) is 0 Å². The molecule has 107 valence electrons. The molecule has 0 aromatic carbocycles. The first kappa shape index (κ1) is 16.0. The summed E-state index contributed by atoms with van der Waals surface area (Å²) in [4.78, 5) is 0. The molecular formula is C17H30PSi. The van der Waals surface area contributed by atoms with Gasteiger partial charge in [0.1, 0.15) is 0 Å². The van der Waals surface area contributed by atoms with Crippen molar-refractivity contribution in [1.29, 1.82) is 0 Å². The maximum atomic E-state index is 2.62. The average molecular weight is 293 g/mol. The van der Waals surface area contributed by atoms with Crippen LogP contribution in [0.15, 0.2) is 0 Å². The fourth-order valence-corrected chi connectivity index (χ4v) is 13.6. The van der Waals surface area contributed by atoms with Gasteiger partial charge in [-0.15, -0.1) is 8.13 Å². The zero-order valence-electron chi connectivity index (χ0n) is 13.6. The molecule has 2 aliphatic carbocycles. The monoisotopic (exact) mass is 293 g/mol. The molecule has 2 rings (SSSR count). The van der Waals surface area contributed by atoms with Crippen LogP contribution in [-0.2, 0) is 0 Å². The third kappa shape index (κ3) is 3.29. The van der Waals surface area contributed by atoms with Crippen LogP contribution in [0.25, 0.3) is 0 Å². The van der Waals surface area contributed by atoms with Crippen LogP contribution >= 0.6 is 8.13 Å². The van der Waals surface area contributed by atoms with Crippen LogP contribution in [0.3, 0.4) is 0 Å². The van der Waals surface area contributed by atoms with E-state index in [-0.39, 0.29) is 0 Å². The van der Waals surface area contributed by atoms with Gasteiger partial charge in [-0.3, -0.25) is 0 Å². The lowest BCUT2D eigenvalue weighted by Crippen LogP contribution is -2.36. The lowest BCUT2D eigenvalue weighted by molar-refractivity contribution is 0.515. The van der Waals surface area contributed by atoms with E-state index in [1.807, 2.05) is 0 Å². The number of hydrogen-bond acceptors (Lipinski definition) is 0. The molecule has 0 bridgehead atoms. The number of rotatable bonds is 3. The smallest absolute Gasteiger partial charge is 0.0795 e. The van der Waals surface area contributed by atoms with E-state index >= 15 is 0 Å². The highest BCUT2D eigenvalue weighted by Crippen LogP contribution is 2.60. The van der Waals surface area contributed by atoms with Crippen LogP contribution in [0.1, 0.15) is 59.8 Å². The predicted molar refractivity (Wildman–Crippen MR) is 91.6 cm³/mol. The van der Waals surface area contributed by atoms with Gasteiger partial charge in [0.2, 0.25) is 0 Å². The van der Waals surface area contributed by atoms with Gasteiger partial charge in [-0.25, -0.2) is 0 Å². The van der Waals surface area contributed by atoms with Gasteiger partial charge in [-0.2, -0.15) is 0 Å². The van der Waals surface area contributed by atoms with Crippen LogP contribution in [0, 0.1) is 29.2 Å². The van der Waals surface area contributed by atoms with E-state index in [1.54, 1.807) is 29.2 Å². The van der Waals surface area contributed by atoms with Gasteiger partial charge in [0.05, 0.1) is 7.74 Å². The van der Waals surface area contributed by atoms with Crippen LogP contribution in [-0.4, -0.2) is 13.4 Å². The molecule has 5 radical (unpaired) electrons.